The molecule has 3 rings (SSSR count). The van der Waals surface area contributed by atoms with Crippen molar-refractivity contribution in [3.63, 3.8) is 0 Å². The van der Waals surface area contributed by atoms with Gasteiger partial charge in [-0.2, -0.15) is 0 Å². The average Bonchev–Trinajstić information content (AvgIpc) is 2.35. The number of hydrogen-bond donors (Lipinski definition) is 0. The Hall–Kier alpha value is -0.530. The topological polar surface area (TPSA) is 26.3 Å². The van der Waals surface area contributed by atoms with Gasteiger partial charge in [-0.25, -0.2) is 0 Å². The van der Waals surface area contributed by atoms with Gasteiger partial charge in [-0.05, 0) is 70.1 Å². The minimum absolute atomic E-state index is 0.0231. The van der Waals surface area contributed by atoms with Gasteiger partial charge in [-0.3, -0.25) is 4.79 Å². The van der Waals surface area contributed by atoms with Gasteiger partial charge in [0.15, 0.2) is 0 Å². The lowest BCUT2D eigenvalue weighted by Gasteiger charge is -2.59. The average molecular weight is 278 g/mol. The van der Waals surface area contributed by atoms with Gasteiger partial charge in [0, 0.05) is 5.41 Å². The van der Waals surface area contributed by atoms with Crippen LogP contribution in [0, 0.1) is 29.1 Å². The van der Waals surface area contributed by atoms with Crippen LogP contribution in [0.4, 0.5) is 0 Å². The summed E-state index contributed by atoms with van der Waals surface area (Å²) in [4.78, 5) is 12.1. The lowest BCUT2D eigenvalue weighted by Crippen LogP contribution is -2.56. The van der Waals surface area contributed by atoms with E-state index in [2.05, 4.69) is 13.8 Å². The van der Waals surface area contributed by atoms with Crippen LogP contribution in [0.3, 0.4) is 0 Å². The predicted molar refractivity (Wildman–Crippen MR) is 80.2 cm³/mol. The monoisotopic (exact) mass is 278 g/mol. The molecule has 0 amide bonds. The molecule has 0 radical (unpaired) electrons. The Morgan fingerprint density at radius 1 is 1.15 bits per heavy atom. The highest BCUT2D eigenvalue weighted by Crippen LogP contribution is 2.62. The summed E-state index contributed by atoms with van der Waals surface area (Å²) in [5, 5.41) is 0. The summed E-state index contributed by atoms with van der Waals surface area (Å²) in [5.41, 5.74) is -0.0460. The van der Waals surface area contributed by atoms with E-state index in [1.807, 2.05) is 13.8 Å². The number of hydrogen-bond acceptors (Lipinski definition) is 2. The fraction of sp³-hybridized carbons (Fsp3) is 0.944. The first kappa shape index (κ1) is 14.4. The summed E-state index contributed by atoms with van der Waals surface area (Å²) < 4.78 is 5.98. The van der Waals surface area contributed by atoms with Crippen LogP contribution >= 0.6 is 0 Å². The Morgan fingerprint density at radius 3 is 2.60 bits per heavy atom. The lowest BCUT2D eigenvalue weighted by atomic mass is 9.47. The van der Waals surface area contributed by atoms with Crippen molar-refractivity contribution in [3.8, 4) is 0 Å². The van der Waals surface area contributed by atoms with Crippen molar-refractivity contribution in [2.45, 2.75) is 78.2 Å². The zero-order valence-corrected chi connectivity index (χ0v) is 13.6. The Bertz CT molecular complexity index is 394. The Morgan fingerprint density at radius 2 is 1.90 bits per heavy atom. The zero-order valence-electron chi connectivity index (χ0n) is 13.6. The maximum atomic E-state index is 12.1. The highest BCUT2D eigenvalue weighted by molar-refractivity contribution is 5.72. The summed E-state index contributed by atoms with van der Waals surface area (Å²) >= 11 is 0. The summed E-state index contributed by atoms with van der Waals surface area (Å²) in [6.45, 7) is 8.22. The first-order chi connectivity index (χ1) is 9.33. The van der Waals surface area contributed by atoms with E-state index in [0.717, 1.165) is 17.8 Å². The number of fused-ring (bicyclic) bond motifs is 2. The number of carbonyl (C=O) groups is 1. The number of ether oxygens (including phenoxy) is 1. The van der Waals surface area contributed by atoms with Crippen molar-refractivity contribution in [2.24, 2.45) is 29.1 Å². The second-order valence-electron chi connectivity index (χ2n) is 8.51. The van der Waals surface area contributed by atoms with Gasteiger partial charge in [0.05, 0.1) is 5.92 Å². The van der Waals surface area contributed by atoms with Crippen LogP contribution in [0.2, 0.25) is 0 Å². The number of carbonyl (C=O) groups excluding carboxylic acids is 1. The van der Waals surface area contributed by atoms with E-state index < -0.39 is 0 Å². The fourth-order valence-electron chi connectivity index (χ4n) is 5.31. The van der Waals surface area contributed by atoms with Crippen molar-refractivity contribution < 1.29 is 9.53 Å². The van der Waals surface area contributed by atoms with Gasteiger partial charge in [-0.1, -0.05) is 20.3 Å². The molecule has 0 aromatic carbocycles. The molecule has 0 spiro atoms. The first-order valence-electron chi connectivity index (χ1n) is 8.56. The molecule has 0 heterocycles. The van der Waals surface area contributed by atoms with Crippen molar-refractivity contribution in [3.05, 3.63) is 0 Å². The number of rotatable bonds is 3. The van der Waals surface area contributed by atoms with E-state index in [1.165, 1.54) is 44.9 Å². The smallest absolute Gasteiger partial charge is 0.308 e. The van der Waals surface area contributed by atoms with E-state index in [9.17, 15) is 4.79 Å². The van der Waals surface area contributed by atoms with Crippen LogP contribution in [-0.4, -0.2) is 11.6 Å². The first-order valence-corrected chi connectivity index (χ1v) is 8.56. The van der Waals surface area contributed by atoms with Gasteiger partial charge in [0.25, 0.3) is 0 Å². The molecule has 3 saturated carbocycles. The van der Waals surface area contributed by atoms with Crippen LogP contribution < -0.4 is 0 Å². The van der Waals surface area contributed by atoms with E-state index >= 15 is 0 Å². The summed E-state index contributed by atoms with van der Waals surface area (Å²) in [6.07, 6.45) is 9.53. The minimum Gasteiger partial charge on any atom is -0.459 e. The summed E-state index contributed by atoms with van der Waals surface area (Å²) in [7, 11) is 0. The maximum absolute atomic E-state index is 12.1. The predicted octanol–water partition coefficient (Wildman–Crippen LogP) is 4.57. The van der Waals surface area contributed by atoms with Crippen molar-refractivity contribution >= 4 is 5.97 Å². The third kappa shape index (κ3) is 2.19. The van der Waals surface area contributed by atoms with Gasteiger partial charge < -0.3 is 4.74 Å². The van der Waals surface area contributed by atoms with Crippen LogP contribution in [-0.2, 0) is 9.53 Å². The van der Waals surface area contributed by atoms with E-state index in [4.69, 9.17) is 4.74 Å². The molecule has 114 valence electrons. The van der Waals surface area contributed by atoms with Crippen LogP contribution in [0.1, 0.15) is 72.6 Å². The molecule has 0 aromatic heterocycles. The van der Waals surface area contributed by atoms with Crippen molar-refractivity contribution in [2.75, 3.05) is 0 Å². The molecule has 3 aliphatic carbocycles. The lowest BCUT2D eigenvalue weighted by molar-refractivity contribution is -0.195. The molecule has 2 nitrogen and oxygen atoms in total. The molecule has 2 heteroatoms. The molecule has 3 aliphatic rings. The van der Waals surface area contributed by atoms with E-state index in [-0.39, 0.29) is 22.9 Å². The Kier molecular flexibility index (Phi) is 3.42. The molecule has 3 fully saturated rings. The number of esters is 1. The normalized spacial score (nSPS) is 40.0. The van der Waals surface area contributed by atoms with Crippen LogP contribution in [0.15, 0.2) is 0 Å². The molecule has 4 atom stereocenters. The maximum Gasteiger partial charge on any atom is 0.308 e. The van der Waals surface area contributed by atoms with Gasteiger partial charge in [0.2, 0.25) is 0 Å². The molecule has 4 unspecified atom stereocenters. The zero-order chi connectivity index (χ0) is 14.5. The van der Waals surface area contributed by atoms with Gasteiger partial charge in [-0.15, -0.1) is 0 Å². The largest absolute Gasteiger partial charge is 0.459 e. The molecular formula is C18H30O2. The second kappa shape index (κ2) is 4.74. The molecule has 20 heavy (non-hydrogen) atoms. The van der Waals surface area contributed by atoms with E-state index in [0.29, 0.717) is 0 Å². The fourth-order valence-corrected chi connectivity index (χ4v) is 5.31. The highest BCUT2D eigenvalue weighted by atomic mass is 16.6. The molecular weight excluding hydrogens is 248 g/mol. The standard InChI is InChI=1S/C18H30O2/c1-12(2)16(19)20-17(3,4)18-8-7-14-6-5-13(10-18)9-15(14)11-18/h12-15H,5-11H2,1-4H3. The van der Waals surface area contributed by atoms with Crippen LogP contribution in [0.25, 0.3) is 0 Å². The molecule has 3 bridgehead atoms. The van der Waals surface area contributed by atoms with E-state index in [1.54, 1.807) is 0 Å². The Balaban J connectivity index is 1.82. The third-order valence-electron chi connectivity index (χ3n) is 6.68. The molecule has 0 aromatic rings. The Labute approximate surface area is 123 Å². The van der Waals surface area contributed by atoms with Gasteiger partial charge >= 0.3 is 5.97 Å². The minimum atomic E-state index is -0.298. The van der Waals surface area contributed by atoms with Gasteiger partial charge in [0.1, 0.15) is 5.60 Å². The summed E-state index contributed by atoms with van der Waals surface area (Å²) in [5.74, 6) is 2.72. The molecule has 0 aliphatic heterocycles. The summed E-state index contributed by atoms with van der Waals surface area (Å²) in [6, 6.07) is 0. The third-order valence-corrected chi connectivity index (χ3v) is 6.68. The molecule has 0 N–H and O–H groups in total. The quantitative estimate of drug-likeness (QED) is 0.707. The SMILES string of the molecule is CC(C)C(=O)OC(C)(C)C12CCC3CCC(CC3C1)C2. The second-order valence-corrected chi connectivity index (χ2v) is 8.51. The highest BCUT2D eigenvalue weighted by Gasteiger charge is 2.57. The molecule has 0 saturated heterocycles. The van der Waals surface area contributed by atoms with Crippen molar-refractivity contribution in [1.82, 2.24) is 0 Å². The van der Waals surface area contributed by atoms with Crippen molar-refractivity contribution in [1.29, 1.82) is 0 Å². The van der Waals surface area contributed by atoms with Crippen LogP contribution in [0.5, 0.6) is 0 Å².